The van der Waals surface area contributed by atoms with E-state index in [1.54, 1.807) is 0 Å². The number of benzene rings is 13. The zero-order chi connectivity index (χ0) is 50.0. The van der Waals surface area contributed by atoms with Crippen LogP contribution in [0.3, 0.4) is 0 Å². The average Bonchev–Trinajstić information content (AvgIpc) is 4.14. The third-order valence-corrected chi connectivity index (χ3v) is 17.1. The second kappa shape index (κ2) is 16.4. The van der Waals surface area contributed by atoms with Crippen LogP contribution in [0, 0.1) is 0 Å². The average molecular weight is 965 g/mol. The molecule has 16 rings (SSSR count). The Labute approximate surface area is 442 Å². The largest absolute Gasteiger partial charge is 0.310 e. The van der Waals surface area contributed by atoms with Crippen molar-refractivity contribution in [2.45, 2.75) is 10.8 Å². The number of hydrogen-bond donors (Lipinski definition) is 0. The summed E-state index contributed by atoms with van der Waals surface area (Å²) in [6.07, 6.45) is 0. The Balaban J connectivity index is 1.02. The van der Waals surface area contributed by atoms with Crippen molar-refractivity contribution < 1.29 is 0 Å². The fourth-order valence-electron chi connectivity index (χ4n) is 14.2. The quantitative estimate of drug-likeness (QED) is 0.153. The predicted molar refractivity (Wildman–Crippen MR) is 316 cm³/mol. The van der Waals surface area contributed by atoms with Gasteiger partial charge >= 0.3 is 0 Å². The molecule has 1 heterocycles. The highest BCUT2D eigenvalue weighted by atomic mass is 15.2. The van der Waals surface area contributed by atoms with Crippen molar-refractivity contribution >= 4 is 66.4 Å². The number of anilines is 6. The summed E-state index contributed by atoms with van der Waals surface area (Å²) in [5, 5.41) is 7.51. The van der Waals surface area contributed by atoms with E-state index in [-0.39, 0.29) is 0 Å². The number of para-hydroxylation sites is 3. The predicted octanol–water partition coefficient (Wildman–Crippen LogP) is 19.1. The van der Waals surface area contributed by atoms with E-state index in [0.29, 0.717) is 0 Å². The van der Waals surface area contributed by atoms with Gasteiger partial charge in [0.1, 0.15) is 0 Å². The molecule has 0 bridgehead atoms. The summed E-state index contributed by atoms with van der Waals surface area (Å²) in [5.41, 5.74) is 20.8. The van der Waals surface area contributed by atoms with Crippen molar-refractivity contribution in [3.63, 3.8) is 0 Å². The van der Waals surface area contributed by atoms with Crippen molar-refractivity contribution in [1.82, 2.24) is 0 Å². The van der Waals surface area contributed by atoms with E-state index in [0.717, 1.165) is 22.7 Å². The maximum Gasteiger partial charge on any atom is 0.0755 e. The molecule has 0 fully saturated rings. The molecular formula is C74H48N2. The number of hydrogen-bond acceptors (Lipinski definition) is 2. The van der Waals surface area contributed by atoms with E-state index in [4.69, 9.17) is 0 Å². The summed E-state index contributed by atoms with van der Waals surface area (Å²) in [6, 6.07) is 109. The molecule has 354 valence electrons. The van der Waals surface area contributed by atoms with Gasteiger partial charge in [-0.1, -0.05) is 237 Å². The second-order valence-corrected chi connectivity index (χ2v) is 20.6. The first-order valence-electron chi connectivity index (χ1n) is 26.5. The van der Waals surface area contributed by atoms with E-state index in [9.17, 15) is 0 Å². The van der Waals surface area contributed by atoms with Crippen molar-refractivity contribution in [3.05, 3.63) is 336 Å². The van der Waals surface area contributed by atoms with Crippen LogP contribution in [0.2, 0.25) is 0 Å². The molecule has 0 saturated heterocycles. The Bertz CT molecular complexity index is 4360. The standard InChI is InChI=1S/C74H48N2/c1-4-23-49(24-5-1)73(50-25-6-2-7-26-50)63-35-16-14-33-59(63)60-46-44-53(48-68(60)73)75(52-43-45-58-56-31-11-10-29-54(56)55-30-12-13-32-57(55)62(58)47-52)71-42-22-39-67-72(71)61-34-15-17-36-64(61)74(67)65-37-18-20-40-69(65)76(51-27-8-3-9-28-51)70-41-21-19-38-66(70)74/h1-48H. The van der Waals surface area contributed by atoms with Gasteiger partial charge in [0.15, 0.2) is 0 Å². The van der Waals surface area contributed by atoms with Crippen LogP contribution >= 0.6 is 0 Å². The van der Waals surface area contributed by atoms with E-state index >= 15 is 0 Å². The molecule has 0 saturated carbocycles. The van der Waals surface area contributed by atoms with Crippen LogP contribution in [0.1, 0.15) is 44.5 Å². The van der Waals surface area contributed by atoms with Gasteiger partial charge in [0, 0.05) is 22.6 Å². The molecule has 2 aliphatic carbocycles. The second-order valence-electron chi connectivity index (χ2n) is 20.6. The highest BCUT2D eigenvalue weighted by Crippen LogP contribution is 2.66. The molecule has 0 aromatic heterocycles. The molecule has 3 aliphatic rings. The van der Waals surface area contributed by atoms with Gasteiger partial charge in [-0.05, 0) is 148 Å². The molecule has 13 aromatic carbocycles. The lowest BCUT2D eigenvalue weighted by Crippen LogP contribution is -2.36. The first-order chi connectivity index (χ1) is 37.7. The van der Waals surface area contributed by atoms with Crippen molar-refractivity contribution in [3.8, 4) is 22.3 Å². The first kappa shape index (κ1) is 42.7. The van der Waals surface area contributed by atoms with Gasteiger partial charge in [-0.25, -0.2) is 0 Å². The van der Waals surface area contributed by atoms with Gasteiger partial charge in [-0.15, -0.1) is 0 Å². The summed E-state index contributed by atoms with van der Waals surface area (Å²) in [5.74, 6) is 0. The van der Waals surface area contributed by atoms with E-state index < -0.39 is 10.8 Å². The zero-order valence-corrected chi connectivity index (χ0v) is 41.6. The maximum absolute atomic E-state index is 2.58. The molecule has 76 heavy (non-hydrogen) atoms. The Morgan fingerprint density at radius 1 is 0.263 bits per heavy atom. The monoisotopic (exact) mass is 964 g/mol. The minimum Gasteiger partial charge on any atom is -0.310 e. The van der Waals surface area contributed by atoms with Crippen LogP contribution in [0.5, 0.6) is 0 Å². The van der Waals surface area contributed by atoms with Gasteiger partial charge in [0.05, 0.1) is 27.9 Å². The summed E-state index contributed by atoms with van der Waals surface area (Å²) in [7, 11) is 0. The fraction of sp³-hybridized carbons (Fsp3) is 0.0270. The minimum atomic E-state index is -0.625. The minimum absolute atomic E-state index is 0.579. The molecule has 2 heteroatoms. The molecule has 0 unspecified atom stereocenters. The molecule has 1 aliphatic heterocycles. The van der Waals surface area contributed by atoms with Crippen LogP contribution in [0.4, 0.5) is 34.1 Å². The topological polar surface area (TPSA) is 6.48 Å². The van der Waals surface area contributed by atoms with E-state index in [1.165, 1.54) is 110 Å². The van der Waals surface area contributed by atoms with E-state index in [2.05, 4.69) is 301 Å². The van der Waals surface area contributed by atoms with Crippen LogP contribution in [-0.4, -0.2) is 0 Å². The van der Waals surface area contributed by atoms with Gasteiger partial charge in [0.2, 0.25) is 0 Å². The summed E-state index contributed by atoms with van der Waals surface area (Å²) >= 11 is 0. The number of nitrogens with zero attached hydrogens (tertiary/aromatic N) is 2. The first-order valence-corrected chi connectivity index (χ1v) is 26.5. The van der Waals surface area contributed by atoms with Gasteiger partial charge in [-0.3, -0.25) is 0 Å². The van der Waals surface area contributed by atoms with E-state index in [1.807, 2.05) is 0 Å². The maximum atomic E-state index is 2.58. The molecule has 2 nitrogen and oxygen atoms in total. The molecule has 0 atom stereocenters. The molecular weight excluding hydrogens is 917 g/mol. The summed E-state index contributed by atoms with van der Waals surface area (Å²) < 4.78 is 0. The van der Waals surface area contributed by atoms with Crippen molar-refractivity contribution in [2.75, 3.05) is 9.80 Å². The summed E-state index contributed by atoms with van der Waals surface area (Å²) in [6.45, 7) is 0. The Hall–Kier alpha value is -9.76. The fourth-order valence-corrected chi connectivity index (χ4v) is 14.2. The highest BCUT2D eigenvalue weighted by molar-refractivity contribution is 6.26. The molecule has 0 N–H and O–H groups in total. The number of fused-ring (bicyclic) bond motifs is 18. The summed E-state index contributed by atoms with van der Waals surface area (Å²) in [4.78, 5) is 5.04. The van der Waals surface area contributed by atoms with Crippen LogP contribution in [-0.2, 0) is 10.8 Å². The molecule has 0 radical (unpaired) electrons. The Morgan fingerprint density at radius 2 is 0.697 bits per heavy atom. The lowest BCUT2D eigenvalue weighted by Gasteiger charge is -2.45. The molecule has 13 aromatic rings. The normalized spacial score (nSPS) is 14.0. The lowest BCUT2D eigenvalue weighted by molar-refractivity contribution is 0.752. The van der Waals surface area contributed by atoms with Crippen LogP contribution in [0.15, 0.2) is 291 Å². The molecule has 1 spiro atoms. The highest BCUT2D eigenvalue weighted by Gasteiger charge is 2.53. The third-order valence-electron chi connectivity index (χ3n) is 17.1. The van der Waals surface area contributed by atoms with Crippen LogP contribution < -0.4 is 9.80 Å². The smallest absolute Gasteiger partial charge is 0.0755 e. The van der Waals surface area contributed by atoms with Gasteiger partial charge in [-0.2, -0.15) is 0 Å². The third kappa shape index (κ3) is 5.70. The van der Waals surface area contributed by atoms with Crippen LogP contribution in [0.25, 0.3) is 54.6 Å². The number of rotatable bonds is 6. The Morgan fingerprint density at radius 3 is 1.32 bits per heavy atom. The van der Waals surface area contributed by atoms with Crippen molar-refractivity contribution in [1.29, 1.82) is 0 Å². The molecule has 0 amide bonds. The Kier molecular flexibility index (Phi) is 9.20. The SMILES string of the molecule is c1ccc(N2c3ccccc3C3(c4ccccc4-c4c(N(c5ccc6c(c5)C(c5ccccc5)(c5ccccc5)c5ccccc5-6)c5ccc6c7ccccc7c7ccccc7c6c5)cccc43)c3ccccc32)cc1. The zero-order valence-electron chi connectivity index (χ0n) is 41.6. The lowest BCUT2D eigenvalue weighted by atomic mass is 9.64. The van der Waals surface area contributed by atoms with Gasteiger partial charge in [0.25, 0.3) is 0 Å². The van der Waals surface area contributed by atoms with Crippen molar-refractivity contribution in [2.24, 2.45) is 0 Å². The van der Waals surface area contributed by atoms with Gasteiger partial charge < -0.3 is 9.80 Å².